The molecule has 0 aromatic heterocycles. The van der Waals surface area contributed by atoms with Gasteiger partial charge in [-0.15, -0.1) is 0 Å². The molecule has 1 unspecified atom stereocenters. The Hall–Kier alpha value is -0.310. The average molecular weight is 177 g/mol. The SMILES string of the molecule is O=CC1=CCC(Br)O1. The van der Waals surface area contributed by atoms with Crippen molar-refractivity contribution >= 4 is 22.2 Å². The molecule has 0 aromatic carbocycles. The number of carbonyl (C=O) groups is 1. The predicted octanol–water partition coefficient (Wildman–Crippen LogP) is 1.21. The summed E-state index contributed by atoms with van der Waals surface area (Å²) in [5.74, 6) is 0.437. The number of halogens is 1. The molecular weight excluding hydrogens is 172 g/mol. The van der Waals surface area contributed by atoms with Crippen molar-refractivity contribution in [3.63, 3.8) is 0 Å². The molecule has 0 N–H and O–H groups in total. The van der Waals surface area contributed by atoms with Crippen molar-refractivity contribution in [1.29, 1.82) is 0 Å². The van der Waals surface area contributed by atoms with Crippen molar-refractivity contribution in [3.8, 4) is 0 Å². The van der Waals surface area contributed by atoms with E-state index in [2.05, 4.69) is 15.9 Å². The third-order valence-electron chi connectivity index (χ3n) is 0.884. The van der Waals surface area contributed by atoms with Crippen molar-refractivity contribution < 1.29 is 9.53 Å². The van der Waals surface area contributed by atoms with Gasteiger partial charge in [0.2, 0.25) is 0 Å². The summed E-state index contributed by atoms with van der Waals surface area (Å²) < 4.78 is 4.92. The standard InChI is InChI=1S/C5H5BrO2/c6-5-2-1-4(3-7)8-5/h1,3,5H,2H2. The van der Waals surface area contributed by atoms with Crippen molar-refractivity contribution in [2.24, 2.45) is 0 Å². The van der Waals surface area contributed by atoms with Crippen LogP contribution in [0.1, 0.15) is 6.42 Å². The number of allylic oxidation sites excluding steroid dienone is 1. The Kier molecular flexibility index (Phi) is 1.68. The molecule has 0 spiro atoms. The Bertz CT molecular complexity index is 130. The highest BCUT2D eigenvalue weighted by atomic mass is 79.9. The molecule has 0 fully saturated rings. The average Bonchev–Trinajstić information content (AvgIpc) is 2.14. The quantitative estimate of drug-likeness (QED) is 0.444. The first kappa shape index (κ1) is 5.82. The number of rotatable bonds is 1. The lowest BCUT2D eigenvalue weighted by molar-refractivity contribution is -0.107. The summed E-state index contributed by atoms with van der Waals surface area (Å²) in [6.07, 6.45) is 3.25. The summed E-state index contributed by atoms with van der Waals surface area (Å²) in [6.45, 7) is 0. The molecule has 0 radical (unpaired) electrons. The van der Waals surface area contributed by atoms with E-state index < -0.39 is 0 Å². The topological polar surface area (TPSA) is 26.3 Å². The molecule has 0 amide bonds. The second kappa shape index (κ2) is 2.31. The first-order valence-electron chi connectivity index (χ1n) is 2.29. The van der Waals surface area contributed by atoms with E-state index in [-0.39, 0.29) is 5.01 Å². The number of hydrogen-bond donors (Lipinski definition) is 0. The molecule has 1 atom stereocenters. The maximum atomic E-state index is 9.94. The lowest BCUT2D eigenvalue weighted by Gasteiger charge is -1.98. The summed E-state index contributed by atoms with van der Waals surface area (Å²) >= 11 is 3.19. The van der Waals surface area contributed by atoms with E-state index in [9.17, 15) is 4.79 Å². The van der Waals surface area contributed by atoms with E-state index in [1.54, 1.807) is 6.08 Å². The van der Waals surface area contributed by atoms with Gasteiger partial charge in [-0.25, -0.2) is 0 Å². The Labute approximate surface area is 55.6 Å². The Morgan fingerprint density at radius 3 is 3.00 bits per heavy atom. The van der Waals surface area contributed by atoms with Crippen LogP contribution in [0.15, 0.2) is 11.8 Å². The fourth-order valence-electron chi connectivity index (χ4n) is 0.529. The van der Waals surface area contributed by atoms with E-state index in [0.29, 0.717) is 12.0 Å². The van der Waals surface area contributed by atoms with E-state index in [0.717, 1.165) is 6.42 Å². The van der Waals surface area contributed by atoms with Gasteiger partial charge in [0, 0.05) is 6.42 Å². The van der Waals surface area contributed by atoms with Crippen LogP contribution in [0.4, 0.5) is 0 Å². The molecule has 1 heterocycles. The summed E-state index contributed by atoms with van der Waals surface area (Å²) in [5.41, 5.74) is 0. The molecule has 2 nitrogen and oxygen atoms in total. The number of carbonyl (C=O) groups excluding carboxylic acids is 1. The second-order valence-corrected chi connectivity index (χ2v) is 2.51. The van der Waals surface area contributed by atoms with Crippen molar-refractivity contribution in [1.82, 2.24) is 0 Å². The Morgan fingerprint density at radius 1 is 2.00 bits per heavy atom. The van der Waals surface area contributed by atoms with Gasteiger partial charge in [0.15, 0.2) is 17.1 Å². The molecule has 1 aliphatic rings. The van der Waals surface area contributed by atoms with Gasteiger partial charge in [-0.3, -0.25) is 4.79 Å². The van der Waals surface area contributed by atoms with Crippen LogP contribution in [0, 0.1) is 0 Å². The fraction of sp³-hybridized carbons (Fsp3) is 0.400. The predicted molar refractivity (Wildman–Crippen MR) is 32.6 cm³/mol. The maximum absolute atomic E-state index is 9.94. The molecule has 0 bridgehead atoms. The van der Waals surface area contributed by atoms with Gasteiger partial charge < -0.3 is 4.74 Å². The molecule has 44 valence electrons. The van der Waals surface area contributed by atoms with Gasteiger partial charge in [0.25, 0.3) is 0 Å². The minimum Gasteiger partial charge on any atom is -0.476 e. The lowest BCUT2D eigenvalue weighted by Crippen LogP contribution is -1.93. The van der Waals surface area contributed by atoms with Crippen molar-refractivity contribution in [2.45, 2.75) is 11.4 Å². The molecule has 3 heteroatoms. The lowest BCUT2D eigenvalue weighted by atomic mass is 10.4. The van der Waals surface area contributed by atoms with E-state index in [4.69, 9.17) is 4.74 Å². The van der Waals surface area contributed by atoms with Gasteiger partial charge in [-0.2, -0.15) is 0 Å². The molecule has 0 aromatic rings. The van der Waals surface area contributed by atoms with Gasteiger partial charge >= 0.3 is 0 Å². The Balaban J connectivity index is 2.49. The zero-order chi connectivity index (χ0) is 5.98. The molecule has 0 saturated carbocycles. The third kappa shape index (κ3) is 1.10. The summed E-state index contributed by atoms with van der Waals surface area (Å²) in [5, 5.41) is 0.0164. The molecule has 1 aliphatic heterocycles. The van der Waals surface area contributed by atoms with E-state index >= 15 is 0 Å². The van der Waals surface area contributed by atoms with Gasteiger partial charge in [0.05, 0.1) is 0 Å². The van der Waals surface area contributed by atoms with Crippen LogP contribution in [-0.4, -0.2) is 11.3 Å². The van der Waals surface area contributed by atoms with Crippen LogP contribution in [0.5, 0.6) is 0 Å². The number of ether oxygens (including phenoxy) is 1. The van der Waals surface area contributed by atoms with Crippen LogP contribution in [-0.2, 0) is 9.53 Å². The maximum Gasteiger partial charge on any atom is 0.184 e. The summed E-state index contributed by atoms with van der Waals surface area (Å²) in [6, 6.07) is 0. The van der Waals surface area contributed by atoms with Crippen LogP contribution < -0.4 is 0 Å². The second-order valence-electron chi connectivity index (χ2n) is 1.49. The third-order valence-corrected chi connectivity index (χ3v) is 1.45. The zero-order valence-electron chi connectivity index (χ0n) is 4.13. The first-order valence-corrected chi connectivity index (χ1v) is 3.20. The minimum atomic E-state index is 0.0164. The molecule has 8 heavy (non-hydrogen) atoms. The van der Waals surface area contributed by atoms with E-state index in [1.807, 2.05) is 0 Å². The Morgan fingerprint density at radius 2 is 2.75 bits per heavy atom. The molecule has 1 rings (SSSR count). The largest absolute Gasteiger partial charge is 0.476 e. The highest BCUT2D eigenvalue weighted by molar-refractivity contribution is 9.09. The first-order chi connectivity index (χ1) is 3.83. The van der Waals surface area contributed by atoms with Crippen LogP contribution in [0.3, 0.4) is 0 Å². The smallest absolute Gasteiger partial charge is 0.184 e. The summed E-state index contributed by atoms with van der Waals surface area (Å²) in [4.78, 5) is 9.94. The molecule has 0 saturated heterocycles. The molecular formula is C5H5BrO2. The van der Waals surface area contributed by atoms with Crippen LogP contribution in [0.2, 0.25) is 0 Å². The molecule has 0 aliphatic carbocycles. The van der Waals surface area contributed by atoms with Crippen LogP contribution >= 0.6 is 15.9 Å². The number of alkyl halides is 1. The van der Waals surface area contributed by atoms with Gasteiger partial charge in [0.1, 0.15) is 0 Å². The fourth-order valence-corrected chi connectivity index (χ4v) is 0.931. The van der Waals surface area contributed by atoms with Crippen molar-refractivity contribution in [2.75, 3.05) is 0 Å². The number of aldehydes is 1. The van der Waals surface area contributed by atoms with Gasteiger partial charge in [-0.1, -0.05) is 0 Å². The van der Waals surface area contributed by atoms with Crippen molar-refractivity contribution in [3.05, 3.63) is 11.8 Å². The van der Waals surface area contributed by atoms with Crippen LogP contribution in [0.25, 0.3) is 0 Å². The normalized spacial score (nSPS) is 26.6. The number of hydrogen-bond acceptors (Lipinski definition) is 2. The van der Waals surface area contributed by atoms with E-state index in [1.165, 1.54) is 0 Å². The highest BCUT2D eigenvalue weighted by Crippen LogP contribution is 2.19. The summed E-state index contributed by atoms with van der Waals surface area (Å²) in [7, 11) is 0. The highest BCUT2D eigenvalue weighted by Gasteiger charge is 2.12. The van der Waals surface area contributed by atoms with Gasteiger partial charge in [-0.05, 0) is 22.0 Å². The minimum absolute atomic E-state index is 0.0164. The zero-order valence-corrected chi connectivity index (χ0v) is 5.72. The monoisotopic (exact) mass is 176 g/mol.